The number of nitrogens with zero attached hydrogens (tertiary/aromatic N) is 2. The molecule has 1 amide bonds. The van der Waals surface area contributed by atoms with Crippen LogP contribution in [0.1, 0.15) is 35.7 Å². The van der Waals surface area contributed by atoms with E-state index < -0.39 is 12.8 Å². The highest BCUT2D eigenvalue weighted by molar-refractivity contribution is 5.94. The van der Waals surface area contributed by atoms with Crippen LogP contribution in [0.3, 0.4) is 0 Å². The molecule has 144 valence electrons. The van der Waals surface area contributed by atoms with E-state index in [0.717, 1.165) is 18.4 Å². The van der Waals surface area contributed by atoms with Crippen molar-refractivity contribution >= 4 is 5.91 Å². The summed E-state index contributed by atoms with van der Waals surface area (Å²) >= 11 is 0. The Morgan fingerprint density at radius 3 is 2.48 bits per heavy atom. The molecule has 0 bridgehead atoms. The molecule has 7 heteroatoms. The Hall–Kier alpha value is -2.57. The minimum absolute atomic E-state index is 0.0823. The first-order chi connectivity index (χ1) is 12.8. The Kier molecular flexibility index (Phi) is 5.68. The smallest absolute Gasteiger partial charge is 0.422 e. The molecule has 27 heavy (non-hydrogen) atoms. The van der Waals surface area contributed by atoms with E-state index in [0.29, 0.717) is 18.0 Å². The van der Waals surface area contributed by atoms with Crippen molar-refractivity contribution in [3.8, 4) is 5.88 Å². The van der Waals surface area contributed by atoms with Gasteiger partial charge in [-0.25, -0.2) is 4.98 Å². The molecule has 1 aromatic heterocycles. The van der Waals surface area contributed by atoms with Crippen LogP contribution in [0.5, 0.6) is 5.88 Å². The Labute approximate surface area is 156 Å². The number of carbonyl (C=O) groups excluding carboxylic acids is 1. The second-order valence-electron chi connectivity index (χ2n) is 6.79. The van der Waals surface area contributed by atoms with Gasteiger partial charge in [0.05, 0.1) is 5.56 Å². The van der Waals surface area contributed by atoms with Gasteiger partial charge in [-0.15, -0.1) is 0 Å². The van der Waals surface area contributed by atoms with Crippen LogP contribution in [0.25, 0.3) is 0 Å². The van der Waals surface area contributed by atoms with Gasteiger partial charge in [0.25, 0.3) is 5.91 Å². The SMILES string of the molecule is CC(C1CC1)N(Cc1ccccc1)C(=O)c1ccc(OCC(F)(F)F)nc1. The first-order valence-corrected chi connectivity index (χ1v) is 8.84. The Bertz CT molecular complexity index is 759. The predicted octanol–water partition coefficient (Wildman–Crippen LogP) is 4.46. The summed E-state index contributed by atoms with van der Waals surface area (Å²) in [6.45, 7) is 1.10. The van der Waals surface area contributed by atoms with E-state index in [9.17, 15) is 18.0 Å². The summed E-state index contributed by atoms with van der Waals surface area (Å²) in [7, 11) is 0. The van der Waals surface area contributed by atoms with Crippen LogP contribution >= 0.6 is 0 Å². The van der Waals surface area contributed by atoms with Crippen molar-refractivity contribution in [2.45, 2.75) is 38.5 Å². The molecule has 0 aliphatic heterocycles. The normalized spacial score (nSPS) is 15.3. The van der Waals surface area contributed by atoms with Crippen molar-refractivity contribution in [3.05, 3.63) is 59.8 Å². The highest BCUT2D eigenvalue weighted by Crippen LogP contribution is 2.36. The number of hydrogen-bond donors (Lipinski definition) is 0. The number of aromatic nitrogens is 1. The standard InChI is InChI=1S/C20H21F3N2O2/c1-14(16-7-8-16)25(12-15-5-3-2-4-6-15)19(26)17-9-10-18(24-11-17)27-13-20(21,22)23/h2-6,9-11,14,16H,7-8,12-13H2,1H3. The molecule has 1 aliphatic rings. The summed E-state index contributed by atoms with van der Waals surface area (Å²) in [6.07, 6.45) is -0.960. The second kappa shape index (κ2) is 7.98. The molecule has 1 atom stereocenters. The van der Waals surface area contributed by atoms with Gasteiger partial charge < -0.3 is 9.64 Å². The summed E-state index contributed by atoms with van der Waals surface area (Å²) < 4.78 is 41.3. The number of rotatable bonds is 7. The van der Waals surface area contributed by atoms with E-state index in [1.54, 1.807) is 4.90 Å². The molecule has 1 aliphatic carbocycles. The fourth-order valence-corrected chi connectivity index (χ4v) is 2.93. The highest BCUT2D eigenvalue weighted by Gasteiger charge is 2.35. The summed E-state index contributed by atoms with van der Waals surface area (Å²) in [6, 6.07) is 12.5. The maximum atomic E-state index is 13.0. The van der Waals surface area contributed by atoms with Crippen LogP contribution in [0, 0.1) is 5.92 Å². The van der Waals surface area contributed by atoms with E-state index in [-0.39, 0.29) is 17.8 Å². The number of halogens is 3. The average molecular weight is 378 g/mol. The number of ether oxygens (including phenoxy) is 1. The zero-order valence-electron chi connectivity index (χ0n) is 14.9. The van der Waals surface area contributed by atoms with Crippen molar-refractivity contribution in [3.63, 3.8) is 0 Å². The van der Waals surface area contributed by atoms with Crippen molar-refractivity contribution in [2.75, 3.05) is 6.61 Å². The fraction of sp³-hybridized carbons (Fsp3) is 0.400. The maximum Gasteiger partial charge on any atom is 0.422 e. The van der Waals surface area contributed by atoms with Crippen LogP contribution in [0.4, 0.5) is 13.2 Å². The zero-order chi connectivity index (χ0) is 19.4. The lowest BCUT2D eigenvalue weighted by Gasteiger charge is -2.29. The molecule has 3 rings (SSSR count). The number of benzene rings is 1. The van der Waals surface area contributed by atoms with Crippen molar-refractivity contribution < 1.29 is 22.7 Å². The number of hydrogen-bond acceptors (Lipinski definition) is 3. The van der Waals surface area contributed by atoms with Crippen LogP contribution in [-0.4, -0.2) is 34.6 Å². The molecule has 1 heterocycles. The van der Waals surface area contributed by atoms with E-state index in [1.165, 1.54) is 18.3 Å². The van der Waals surface area contributed by atoms with Crippen LogP contribution in [-0.2, 0) is 6.54 Å². The molecule has 0 saturated heterocycles. The second-order valence-corrected chi connectivity index (χ2v) is 6.79. The lowest BCUT2D eigenvalue weighted by molar-refractivity contribution is -0.154. The summed E-state index contributed by atoms with van der Waals surface area (Å²) in [5.41, 5.74) is 1.36. The van der Waals surface area contributed by atoms with Crippen LogP contribution in [0.2, 0.25) is 0 Å². The van der Waals surface area contributed by atoms with E-state index >= 15 is 0 Å². The Balaban J connectivity index is 1.73. The zero-order valence-corrected chi connectivity index (χ0v) is 14.9. The van der Waals surface area contributed by atoms with Crippen molar-refractivity contribution in [2.24, 2.45) is 5.92 Å². The molecule has 1 unspecified atom stereocenters. The molecule has 1 saturated carbocycles. The average Bonchev–Trinajstić information content (AvgIpc) is 3.49. The highest BCUT2D eigenvalue weighted by atomic mass is 19.4. The number of carbonyl (C=O) groups is 1. The minimum atomic E-state index is -4.43. The third kappa shape index (κ3) is 5.45. The largest absolute Gasteiger partial charge is 0.468 e. The van der Waals surface area contributed by atoms with Gasteiger partial charge in [-0.3, -0.25) is 4.79 Å². The van der Waals surface area contributed by atoms with Gasteiger partial charge in [0.2, 0.25) is 5.88 Å². The molecule has 1 fully saturated rings. The first kappa shape index (κ1) is 19.2. The minimum Gasteiger partial charge on any atom is -0.468 e. The predicted molar refractivity (Wildman–Crippen MR) is 94.3 cm³/mol. The molecular weight excluding hydrogens is 357 g/mol. The van der Waals surface area contributed by atoms with Gasteiger partial charge in [0.15, 0.2) is 6.61 Å². The van der Waals surface area contributed by atoms with Crippen molar-refractivity contribution in [1.29, 1.82) is 0 Å². The van der Waals surface area contributed by atoms with Gasteiger partial charge in [-0.1, -0.05) is 30.3 Å². The fourth-order valence-electron chi connectivity index (χ4n) is 2.93. The quantitative estimate of drug-likeness (QED) is 0.714. The Morgan fingerprint density at radius 2 is 1.93 bits per heavy atom. The molecule has 2 aromatic rings. The maximum absolute atomic E-state index is 13.0. The van der Waals surface area contributed by atoms with Gasteiger partial charge in [-0.05, 0) is 37.3 Å². The molecule has 0 radical (unpaired) electrons. The molecule has 4 nitrogen and oxygen atoms in total. The molecule has 0 spiro atoms. The topological polar surface area (TPSA) is 42.4 Å². The van der Waals surface area contributed by atoms with Gasteiger partial charge >= 0.3 is 6.18 Å². The summed E-state index contributed by atoms with van der Waals surface area (Å²) in [5, 5.41) is 0. The van der Waals surface area contributed by atoms with Crippen LogP contribution in [0.15, 0.2) is 48.7 Å². The number of pyridine rings is 1. The van der Waals surface area contributed by atoms with Gasteiger partial charge in [0.1, 0.15) is 0 Å². The molecule has 0 N–H and O–H groups in total. The summed E-state index contributed by atoms with van der Waals surface area (Å²) in [5.74, 6) is 0.141. The molecular formula is C20H21F3N2O2. The number of amides is 1. The first-order valence-electron chi connectivity index (χ1n) is 8.84. The van der Waals surface area contributed by atoms with Gasteiger partial charge in [0, 0.05) is 24.8 Å². The monoisotopic (exact) mass is 378 g/mol. The van der Waals surface area contributed by atoms with E-state index in [2.05, 4.69) is 9.72 Å². The van der Waals surface area contributed by atoms with E-state index in [4.69, 9.17) is 0 Å². The van der Waals surface area contributed by atoms with E-state index in [1.807, 2.05) is 37.3 Å². The number of alkyl halides is 3. The van der Waals surface area contributed by atoms with Crippen molar-refractivity contribution in [1.82, 2.24) is 9.88 Å². The lowest BCUT2D eigenvalue weighted by atomic mass is 10.1. The summed E-state index contributed by atoms with van der Waals surface area (Å²) in [4.78, 5) is 18.7. The third-order valence-corrected chi connectivity index (χ3v) is 4.62. The van der Waals surface area contributed by atoms with Crippen LogP contribution < -0.4 is 4.74 Å². The lowest BCUT2D eigenvalue weighted by Crippen LogP contribution is -2.39. The molecule has 1 aromatic carbocycles. The Morgan fingerprint density at radius 1 is 1.22 bits per heavy atom. The third-order valence-electron chi connectivity index (χ3n) is 4.62. The van der Waals surface area contributed by atoms with Gasteiger partial charge in [-0.2, -0.15) is 13.2 Å².